The summed E-state index contributed by atoms with van der Waals surface area (Å²) in [6.45, 7) is 10.8. The summed E-state index contributed by atoms with van der Waals surface area (Å²) in [6, 6.07) is 29.2. The molecule has 0 saturated carbocycles. The average Bonchev–Trinajstić information content (AvgIpc) is 3.82. The smallest absolute Gasteiger partial charge is 0.261 e. The minimum absolute atomic E-state index is 0.0210. The number of ketones is 1. The third-order valence-corrected chi connectivity index (χ3v) is 12.8. The Kier molecular flexibility index (Phi) is 13.0. The number of fused-ring (bicyclic) bond motifs is 8. The monoisotopic (exact) mass is 887 g/mol. The van der Waals surface area contributed by atoms with Crippen LogP contribution >= 0.6 is 0 Å². The predicted octanol–water partition coefficient (Wildman–Crippen LogP) is 9.97. The molecule has 4 heterocycles. The van der Waals surface area contributed by atoms with Crippen LogP contribution in [0.25, 0.3) is 0 Å². The molecule has 5 aromatic carbocycles. The van der Waals surface area contributed by atoms with E-state index in [-0.39, 0.29) is 48.8 Å². The van der Waals surface area contributed by atoms with Crippen LogP contribution < -0.4 is 28.9 Å². The van der Waals surface area contributed by atoms with Gasteiger partial charge in [0, 0.05) is 86.5 Å². The van der Waals surface area contributed by atoms with E-state index < -0.39 is 0 Å². The molecule has 12 nitrogen and oxygen atoms in total. The van der Waals surface area contributed by atoms with Crippen molar-refractivity contribution in [3.05, 3.63) is 130 Å². The van der Waals surface area contributed by atoms with Crippen molar-refractivity contribution in [2.75, 3.05) is 48.1 Å². The van der Waals surface area contributed by atoms with Gasteiger partial charge in [-0.1, -0.05) is 57.2 Å². The normalized spacial score (nSPS) is 16.5. The number of benzene rings is 5. The van der Waals surface area contributed by atoms with Crippen LogP contribution in [0.15, 0.2) is 101 Å². The van der Waals surface area contributed by atoms with E-state index in [4.69, 9.17) is 28.9 Å². The van der Waals surface area contributed by atoms with Gasteiger partial charge in [-0.15, -0.1) is 0 Å². The molecule has 4 aliphatic heterocycles. The van der Waals surface area contributed by atoms with Gasteiger partial charge in [-0.3, -0.25) is 34.2 Å². The second kappa shape index (κ2) is 19.4. The molecule has 0 aliphatic carbocycles. The molecule has 2 atom stereocenters. The molecular formula is C54H57N5O7. The fourth-order valence-corrected chi connectivity index (χ4v) is 9.33. The maximum Gasteiger partial charge on any atom is 0.261 e. The summed E-state index contributed by atoms with van der Waals surface area (Å²) in [4.78, 5) is 56.4. The molecule has 4 aliphatic rings. The standard InChI is InChI=1S/C54H57N5O7/c1-6-19-64-20-18-57(17-11-16-49(60)34(2)3)40-23-36(32-65-50-28-45-43(21-35(50)4)53(61)58-41(30-55-45)25-38-12-7-9-14-47(38)58)22-37(24-40)33-66-52-29-46-44(27-51(52)63-5)54(62)59-42(31-56-46)26-39-13-8-10-15-48(39)59/h7-10,12-15,21-24,27-31,34,41-42H,6,11,16-20,25-26,32-33H2,1-5H3/t41-,42-/m0/s1. The number of methoxy groups -OCH3 is 1. The second-order valence-corrected chi connectivity index (χ2v) is 17.8. The van der Waals surface area contributed by atoms with E-state index >= 15 is 0 Å². The van der Waals surface area contributed by atoms with E-state index in [1.54, 1.807) is 19.2 Å². The summed E-state index contributed by atoms with van der Waals surface area (Å²) in [6.07, 6.45) is 7.26. The lowest BCUT2D eigenvalue weighted by Gasteiger charge is -2.26. The Morgan fingerprint density at radius 3 is 1.89 bits per heavy atom. The highest BCUT2D eigenvalue weighted by molar-refractivity contribution is 6.15. The molecule has 0 aromatic heterocycles. The number of para-hydroxylation sites is 2. The number of carbonyl (C=O) groups is 3. The second-order valence-electron chi connectivity index (χ2n) is 17.8. The van der Waals surface area contributed by atoms with Crippen LogP contribution in [-0.2, 0) is 35.6 Å². The number of carbonyl (C=O) groups excluding carboxylic acids is 3. The van der Waals surface area contributed by atoms with Gasteiger partial charge in [0.15, 0.2) is 11.5 Å². The number of ether oxygens (including phenoxy) is 4. The number of aliphatic imine (C=N–C) groups is 2. The van der Waals surface area contributed by atoms with E-state index in [1.165, 1.54) is 0 Å². The number of Topliss-reactive ketones (excluding diaryl/α,β-unsaturated/α-hetero) is 1. The van der Waals surface area contributed by atoms with Crippen molar-refractivity contribution >= 4 is 58.5 Å². The van der Waals surface area contributed by atoms with Crippen molar-refractivity contribution in [3.63, 3.8) is 0 Å². The van der Waals surface area contributed by atoms with Gasteiger partial charge in [0.25, 0.3) is 11.8 Å². The van der Waals surface area contributed by atoms with E-state index in [0.29, 0.717) is 85.3 Å². The molecule has 0 fully saturated rings. The first-order chi connectivity index (χ1) is 32.1. The maximum atomic E-state index is 14.1. The van der Waals surface area contributed by atoms with Crippen molar-refractivity contribution in [2.45, 2.75) is 85.1 Å². The van der Waals surface area contributed by atoms with E-state index in [9.17, 15) is 14.4 Å². The van der Waals surface area contributed by atoms with Crippen molar-refractivity contribution in [3.8, 4) is 17.2 Å². The topological polar surface area (TPSA) is 123 Å². The first-order valence-corrected chi connectivity index (χ1v) is 23.1. The van der Waals surface area contributed by atoms with Gasteiger partial charge in [-0.05, 0) is 90.0 Å². The number of rotatable bonds is 18. The molecule has 2 amide bonds. The van der Waals surface area contributed by atoms with Gasteiger partial charge in [-0.25, -0.2) is 0 Å². The van der Waals surface area contributed by atoms with E-state index in [2.05, 4.69) is 42.2 Å². The van der Waals surface area contributed by atoms with Crippen molar-refractivity contribution < 1.29 is 33.3 Å². The molecule has 0 N–H and O–H groups in total. The van der Waals surface area contributed by atoms with Gasteiger partial charge in [0.2, 0.25) is 0 Å². The van der Waals surface area contributed by atoms with Crippen molar-refractivity contribution in [1.29, 1.82) is 0 Å². The quantitative estimate of drug-likeness (QED) is 0.0798. The first kappa shape index (κ1) is 44.4. The van der Waals surface area contributed by atoms with Crippen LogP contribution in [0.4, 0.5) is 28.4 Å². The largest absolute Gasteiger partial charge is 0.493 e. The van der Waals surface area contributed by atoms with Crippen LogP contribution in [0.5, 0.6) is 17.2 Å². The molecule has 5 aromatic rings. The van der Waals surface area contributed by atoms with Gasteiger partial charge in [-0.2, -0.15) is 0 Å². The summed E-state index contributed by atoms with van der Waals surface area (Å²) in [7, 11) is 1.57. The molecule has 0 unspecified atom stereocenters. The minimum Gasteiger partial charge on any atom is -0.493 e. The summed E-state index contributed by atoms with van der Waals surface area (Å²) in [5, 5.41) is 0. The Morgan fingerprint density at radius 1 is 0.727 bits per heavy atom. The summed E-state index contributed by atoms with van der Waals surface area (Å²) < 4.78 is 25.0. The molecule has 12 heteroatoms. The highest BCUT2D eigenvalue weighted by Crippen LogP contribution is 2.42. The summed E-state index contributed by atoms with van der Waals surface area (Å²) >= 11 is 0. The lowest BCUT2D eigenvalue weighted by Crippen LogP contribution is -2.37. The van der Waals surface area contributed by atoms with Crippen molar-refractivity contribution in [1.82, 2.24) is 0 Å². The van der Waals surface area contributed by atoms with Crippen LogP contribution in [0, 0.1) is 12.8 Å². The van der Waals surface area contributed by atoms with Gasteiger partial charge >= 0.3 is 0 Å². The summed E-state index contributed by atoms with van der Waals surface area (Å²) in [5.41, 5.74) is 9.74. The van der Waals surface area contributed by atoms with Crippen LogP contribution in [0.2, 0.25) is 0 Å². The van der Waals surface area contributed by atoms with Gasteiger partial charge in [0.05, 0.1) is 48.3 Å². The number of aryl methyl sites for hydroxylation is 1. The Labute approximate surface area is 386 Å². The number of hydrogen-bond donors (Lipinski definition) is 0. The van der Waals surface area contributed by atoms with Gasteiger partial charge < -0.3 is 23.8 Å². The first-order valence-electron chi connectivity index (χ1n) is 23.1. The van der Waals surface area contributed by atoms with Crippen LogP contribution in [0.1, 0.15) is 88.6 Å². The van der Waals surface area contributed by atoms with E-state index in [1.807, 2.05) is 91.5 Å². The Hall–Kier alpha value is -6.79. The molecule has 340 valence electrons. The SMILES string of the molecule is CCCOCCN(CCCC(=O)C(C)C)c1cc(COc2cc3c(cc2C)C(=O)N2c4ccccc4C[C@H]2C=N3)cc(COc2cc3c(cc2OC)C(=O)N2c4ccccc4C[C@H]2C=N3)c1. The summed E-state index contributed by atoms with van der Waals surface area (Å²) in [5.74, 6) is 1.54. The number of nitrogens with zero attached hydrogens (tertiary/aromatic N) is 5. The number of anilines is 3. The molecular weight excluding hydrogens is 831 g/mol. The minimum atomic E-state index is -0.180. The molecule has 66 heavy (non-hydrogen) atoms. The molecule has 0 radical (unpaired) electrons. The molecule has 9 rings (SSSR count). The Bertz CT molecular complexity index is 2730. The van der Waals surface area contributed by atoms with Gasteiger partial charge in [0.1, 0.15) is 24.7 Å². The lowest BCUT2D eigenvalue weighted by atomic mass is 10.0. The molecule has 0 spiro atoms. The lowest BCUT2D eigenvalue weighted by molar-refractivity contribution is -0.121. The zero-order valence-corrected chi connectivity index (χ0v) is 38.4. The highest BCUT2D eigenvalue weighted by Gasteiger charge is 2.38. The fraction of sp³-hybridized carbons (Fsp3) is 0.352. The van der Waals surface area contributed by atoms with Crippen LogP contribution in [0.3, 0.4) is 0 Å². The third kappa shape index (κ3) is 9.07. The van der Waals surface area contributed by atoms with Crippen molar-refractivity contribution in [2.24, 2.45) is 15.9 Å². The fourth-order valence-electron chi connectivity index (χ4n) is 9.33. The number of amides is 2. The Balaban J connectivity index is 0.996. The number of hydrogen-bond acceptors (Lipinski definition) is 10. The Morgan fingerprint density at radius 2 is 1.30 bits per heavy atom. The average molecular weight is 888 g/mol. The maximum absolute atomic E-state index is 14.1. The zero-order chi connectivity index (χ0) is 45.9. The third-order valence-electron chi connectivity index (χ3n) is 12.8. The highest BCUT2D eigenvalue weighted by atomic mass is 16.5. The van der Waals surface area contributed by atoms with E-state index in [0.717, 1.165) is 57.7 Å². The molecule has 0 saturated heterocycles. The zero-order valence-electron chi connectivity index (χ0n) is 38.4. The van der Waals surface area contributed by atoms with Crippen LogP contribution in [-0.4, -0.2) is 75.5 Å². The molecule has 0 bridgehead atoms. The predicted molar refractivity (Wildman–Crippen MR) is 259 cm³/mol.